The van der Waals surface area contributed by atoms with Gasteiger partial charge < -0.3 is 14.3 Å². The summed E-state index contributed by atoms with van der Waals surface area (Å²) in [4.78, 5) is 15.8. The molecular formula is C17H17N3O4. The van der Waals surface area contributed by atoms with Crippen LogP contribution in [0.25, 0.3) is 22.4 Å². The van der Waals surface area contributed by atoms with Gasteiger partial charge >= 0.3 is 5.97 Å². The molecule has 1 fully saturated rings. The number of rotatable bonds is 4. The largest absolute Gasteiger partial charge is 0.480 e. The standard InChI is InChI=1S/C17H17N3O4/c1-10-7-11-3-2-4-13(15(11)24-10)17-18-16(12-5-6-23-9-12)19-20(17)8-14(21)22/h2-4,7,12H,5-6,8-9H2,1H3,(H,21,22). The highest BCUT2D eigenvalue weighted by atomic mass is 16.5. The van der Waals surface area contributed by atoms with Crippen molar-refractivity contribution in [3.63, 3.8) is 0 Å². The Kier molecular flexibility index (Phi) is 3.57. The van der Waals surface area contributed by atoms with Gasteiger partial charge in [-0.25, -0.2) is 9.67 Å². The molecule has 1 unspecified atom stereocenters. The predicted octanol–water partition coefficient (Wildman–Crippen LogP) is 2.59. The number of carboxylic acids is 1. The van der Waals surface area contributed by atoms with Gasteiger partial charge in [-0.15, -0.1) is 0 Å². The number of carboxylic acid groups (broad SMARTS) is 1. The Bertz CT molecular complexity index is 906. The lowest BCUT2D eigenvalue weighted by Crippen LogP contribution is -2.12. The molecular weight excluding hydrogens is 310 g/mol. The summed E-state index contributed by atoms with van der Waals surface area (Å²) in [6, 6.07) is 7.69. The van der Waals surface area contributed by atoms with Crippen LogP contribution in [-0.4, -0.2) is 39.1 Å². The molecule has 7 nitrogen and oxygen atoms in total. The van der Waals surface area contributed by atoms with Gasteiger partial charge in [0.2, 0.25) is 0 Å². The predicted molar refractivity (Wildman–Crippen MR) is 85.8 cm³/mol. The Morgan fingerprint density at radius 3 is 3.08 bits per heavy atom. The minimum Gasteiger partial charge on any atom is -0.480 e. The molecule has 7 heteroatoms. The van der Waals surface area contributed by atoms with E-state index in [2.05, 4.69) is 10.1 Å². The van der Waals surface area contributed by atoms with Crippen molar-refractivity contribution in [1.29, 1.82) is 0 Å². The number of fused-ring (bicyclic) bond motifs is 1. The molecule has 1 N–H and O–H groups in total. The first-order chi connectivity index (χ1) is 11.6. The number of carbonyl (C=O) groups is 1. The van der Waals surface area contributed by atoms with Gasteiger partial charge in [0, 0.05) is 17.9 Å². The zero-order chi connectivity index (χ0) is 16.7. The second-order valence-electron chi connectivity index (χ2n) is 5.99. The Balaban J connectivity index is 1.86. The van der Waals surface area contributed by atoms with Crippen LogP contribution >= 0.6 is 0 Å². The van der Waals surface area contributed by atoms with E-state index in [1.165, 1.54) is 4.68 Å². The first-order valence-corrected chi connectivity index (χ1v) is 7.85. The number of aromatic nitrogens is 3. The smallest absolute Gasteiger partial charge is 0.325 e. The maximum absolute atomic E-state index is 11.2. The van der Waals surface area contributed by atoms with Crippen LogP contribution in [0.15, 0.2) is 28.7 Å². The van der Waals surface area contributed by atoms with E-state index in [4.69, 9.17) is 9.15 Å². The maximum atomic E-state index is 11.2. The number of benzene rings is 1. The minimum absolute atomic E-state index is 0.108. The quantitative estimate of drug-likeness (QED) is 0.792. The molecule has 1 aliphatic heterocycles. The van der Waals surface area contributed by atoms with E-state index in [-0.39, 0.29) is 12.5 Å². The van der Waals surface area contributed by atoms with Crippen LogP contribution in [0.5, 0.6) is 0 Å². The average Bonchev–Trinajstić information content (AvgIpc) is 3.23. The van der Waals surface area contributed by atoms with E-state index in [9.17, 15) is 9.90 Å². The average molecular weight is 327 g/mol. The van der Waals surface area contributed by atoms with E-state index in [1.54, 1.807) is 0 Å². The molecule has 3 aromatic rings. The van der Waals surface area contributed by atoms with Gasteiger partial charge in [-0.05, 0) is 25.5 Å². The van der Waals surface area contributed by atoms with Crippen LogP contribution in [-0.2, 0) is 16.1 Å². The molecule has 0 spiro atoms. The number of ether oxygens (including phenoxy) is 1. The summed E-state index contributed by atoms with van der Waals surface area (Å²) >= 11 is 0. The van der Waals surface area contributed by atoms with Crippen LogP contribution in [0.3, 0.4) is 0 Å². The lowest BCUT2D eigenvalue weighted by molar-refractivity contribution is -0.137. The topological polar surface area (TPSA) is 90.4 Å². The number of aliphatic carboxylic acids is 1. The summed E-state index contributed by atoms with van der Waals surface area (Å²) in [5.74, 6) is 1.09. The first kappa shape index (κ1) is 14.9. The van der Waals surface area contributed by atoms with Crippen molar-refractivity contribution in [2.75, 3.05) is 13.2 Å². The van der Waals surface area contributed by atoms with Gasteiger partial charge in [0.25, 0.3) is 0 Å². The summed E-state index contributed by atoms with van der Waals surface area (Å²) in [6.45, 7) is 2.89. The number of hydrogen-bond donors (Lipinski definition) is 1. The van der Waals surface area contributed by atoms with E-state index in [0.717, 1.165) is 23.1 Å². The fourth-order valence-electron chi connectivity index (χ4n) is 3.08. The molecule has 1 atom stereocenters. The SMILES string of the molecule is Cc1cc2cccc(-c3nc(C4CCOC4)nn3CC(=O)O)c2o1. The van der Waals surface area contributed by atoms with Gasteiger partial charge in [-0.1, -0.05) is 12.1 Å². The molecule has 0 amide bonds. The third kappa shape index (κ3) is 2.56. The zero-order valence-corrected chi connectivity index (χ0v) is 13.2. The van der Waals surface area contributed by atoms with Gasteiger partial charge in [0.1, 0.15) is 17.9 Å². The van der Waals surface area contributed by atoms with E-state index in [0.29, 0.717) is 30.4 Å². The van der Waals surface area contributed by atoms with Crippen molar-refractivity contribution < 1.29 is 19.1 Å². The van der Waals surface area contributed by atoms with Crippen LogP contribution in [0.2, 0.25) is 0 Å². The Morgan fingerprint density at radius 1 is 1.46 bits per heavy atom. The fraction of sp³-hybridized carbons (Fsp3) is 0.353. The maximum Gasteiger partial charge on any atom is 0.325 e. The van der Waals surface area contributed by atoms with Crippen LogP contribution in [0, 0.1) is 6.92 Å². The molecule has 1 aromatic carbocycles. The Labute approximate surface area is 137 Å². The van der Waals surface area contributed by atoms with Crippen molar-refractivity contribution in [3.05, 3.63) is 35.9 Å². The molecule has 0 aliphatic carbocycles. The second kappa shape index (κ2) is 5.76. The number of furan rings is 1. The molecule has 124 valence electrons. The molecule has 2 aromatic heterocycles. The van der Waals surface area contributed by atoms with Crippen LogP contribution in [0.1, 0.15) is 23.9 Å². The number of hydrogen-bond acceptors (Lipinski definition) is 5. The molecule has 0 bridgehead atoms. The third-order valence-electron chi connectivity index (χ3n) is 4.18. The third-order valence-corrected chi connectivity index (χ3v) is 4.18. The van der Waals surface area contributed by atoms with Gasteiger partial charge in [-0.3, -0.25) is 4.79 Å². The molecule has 1 saturated heterocycles. The van der Waals surface area contributed by atoms with Gasteiger partial charge in [-0.2, -0.15) is 5.10 Å². The van der Waals surface area contributed by atoms with Crippen molar-refractivity contribution in [2.24, 2.45) is 0 Å². The van der Waals surface area contributed by atoms with Crippen molar-refractivity contribution in [1.82, 2.24) is 14.8 Å². The highest BCUT2D eigenvalue weighted by Gasteiger charge is 2.25. The molecule has 4 rings (SSSR count). The summed E-state index contributed by atoms with van der Waals surface area (Å²) in [7, 11) is 0. The van der Waals surface area contributed by atoms with Crippen LogP contribution < -0.4 is 0 Å². The summed E-state index contributed by atoms with van der Waals surface area (Å²) in [5.41, 5.74) is 1.45. The molecule has 24 heavy (non-hydrogen) atoms. The summed E-state index contributed by atoms with van der Waals surface area (Å²) in [6.07, 6.45) is 0.848. The highest BCUT2D eigenvalue weighted by Crippen LogP contribution is 2.31. The lowest BCUT2D eigenvalue weighted by atomic mass is 10.1. The zero-order valence-electron chi connectivity index (χ0n) is 13.2. The van der Waals surface area contributed by atoms with E-state index in [1.807, 2.05) is 31.2 Å². The number of aryl methyl sites for hydroxylation is 1. The van der Waals surface area contributed by atoms with Gasteiger partial charge in [0.15, 0.2) is 11.6 Å². The highest BCUT2D eigenvalue weighted by molar-refractivity contribution is 5.91. The minimum atomic E-state index is -0.960. The number of para-hydroxylation sites is 1. The van der Waals surface area contributed by atoms with Crippen molar-refractivity contribution in [3.8, 4) is 11.4 Å². The molecule has 1 aliphatic rings. The monoisotopic (exact) mass is 327 g/mol. The number of nitrogens with zero attached hydrogens (tertiary/aromatic N) is 3. The van der Waals surface area contributed by atoms with Crippen molar-refractivity contribution in [2.45, 2.75) is 25.8 Å². The Morgan fingerprint density at radius 2 is 2.33 bits per heavy atom. The molecule has 0 saturated carbocycles. The van der Waals surface area contributed by atoms with E-state index >= 15 is 0 Å². The van der Waals surface area contributed by atoms with Gasteiger partial charge in [0.05, 0.1) is 12.2 Å². The molecule has 3 heterocycles. The second-order valence-corrected chi connectivity index (χ2v) is 5.99. The van der Waals surface area contributed by atoms with E-state index < -0.39 is 5.97 Å². The fourth-order valence-corrected chi connectivity index (χ4v) is 3.08. The van der Waals surface area contributed by atoms with Crippen LogP contribution in [0.4, 0.5) is 0 Å². The first-order valence-electron chi connectivity index (χ1n) is 7.85. The summed E-state index contributed by atoms with van der Waals surface area (Å²) in [5, 5.41) is 14.6. The van der Waals surface area contributed by atoms with Crippen molar-refractivity contribution >= 4 is 16.9 Å². The Hall–Kier alpha value is -2.67. The summed E-state index contributed by atoms with van der Waals surface area (Å²) < 4.78 is 12.6. The normalized spacial score (nSPS) is 17.6. The lowest BCUT2D eigenvalue weighted by Gasteiger charge is -2.03. The molecule has 0 radical (unpaired) electrons.